The Bertz CT molecular complexity index is 369. The summed E-state index contributed by atoms with van der Waals surface area (Å²) in [5.41, 5.74) is 0.465. The SMILES string of the molecule is CCOCCC1(CNC(=NC)N2CCSC(C(C)C)C2)CC1. The van der Waals surface area contributed by atoms with Crippen LogP contribution in [0.5, 0.6) is 0 Å². The van der Waals surface area contributed by atoms with Crippen molar-refractivity contribution in [1.82, 2.24) is 10.2 Å². The fourth-order valence-electron chi connectivity index (χ4n) is 2.99. The maximum atomic E-state index is 5.53. The van der Waals surface area contributed by atoms with E-state index in [4.69, 9.17) is 4.74 Å². The molecule has 0 aromatic rings. The number of hydrogen-bond acceptors (Lipinski definition) is 3. The summed E-state index contributed by atoms with van der Waals surface area (Å²) < 4.78 is 5.53. The Balaban J connectivity index is 1.80. The zero-order valence-electron chi connectivity index (χ0n) is 14.7. The van der Waals surface area contributed by atoms with Crippen molar-refractivity contribution in [1.29, 1.82) is 0 Å². The number of hydrogen-bond donors (Lipinski definition) is 1. The fraction of sp³-hybridized carbons (Fsp3) is 0.941. The van der Waals surface area contributed by atoms with Crippen LogP contribution in [-0.2, 0) is 4.74 Å². The van der Waals surface area contributed by atoms with Gasteiger partial charge in [-0.25, -0.2) is 0 Å². The van der Waals surface area contributed by atoms with Gasteiger partial charge in [-0.3, -0.25) is 4.99 Å². The van der Waals surface area contributed by atoms with Crippen LogP contribution in [0.1, 0.15) is 40.0 Å². The molecule has 1 aliphatic heterocycles. The van der Waals surface area contributed by atoms with Gasteiger partial charge in [0.2, 0.25) is 0 Å². The first-order valence-electron chi connectivity index (χ1n) is 8.75. The van der Waals surface area contributed by atoms with Crippen LogP contribution in [0, 0.1) is 11.3 Å². The lowest BCUT2D eigenvalue weighted by atomic mass is 10.0. The van der Waals surface area contributed by atoms with Crippen LogP contribution in [0.2, 0.25) is 0 Å². The summed E-state index contributed by atoms with van der Waals surface area (Å²) in [6, 6.07) is 0. The van der Waals surface area contributed by atoms with Gasteiger partial charge < -0.3 is 15.0 Å². The van der Waals surface area contributed by atoms with E-state index >= 15 is 0 Å². The van der Waals surface area contributed by atoms with Crippen molar-refractivity contribution in [2.75, 3.05) is 45.6 Å². The number of nitrogens with zero attached hydrogens (tertiary/aromatic N) is 2. The summed E-state index contributed by atoms with van der Waals surface area (Å²) in [5, 5.41) is 4.36. The van der Waals surface area contributed by atoms with E-state index in [0.29, 0.717) is 5.41 Å². The molecule has 1 saturated heterocycles. The molecule has 0 aromatic carbocycles. The quantitative estimate of drug-likeness (QED) is 0.443. The summed E-state index contributed by atoms with van der Waals surface area (Å²) in [5.74, 6) is 3.03. The van der Waals surface area contributed by atoms with Gasteiger partial charge >= 0.3 is 0 Å². The van der Waals surface area contributed by atoms with Crippen molar-refractivity contribution in [2.45, 2.75) is 45.3 Å². The molecule has 0 bridgehead atoms. The monoisotopic (exact) mass is 327 g/mol. The second-order valence-electron chi connectivity index (χ2n) is 6.95. The van der Waals surface area contributed by atoms with Crippen molar-refractivity contribution in [3.8, 4) is 0 Å². The van der Waals surface area contributed by atoms with E-state index in [9.17, 15) is 0 Å². The molecule has 0 spiro atoms. The zero-order valence-corrected chi connectivity index (χ0v) is 15.5. The Kier molecular flexibility index (Phi) is 6.87. The van der Waals surface area contributed by atoms with Crippen molar-refractivity contribution >= 4 is 17.7 Å². The average molecular weight is 328 g/mol. The third-order valence-electron chi connectivity index (χ3n) is 4.91. The predicted molar refractivity (Wildman–Crippen MR) is 96.8 cm³/mol. The van der Waals surface area contributed by atoms with Gasteiger partial charge in [0.25, 0.3) is 0 Å². The van der Waals surface area contributed by atoms with Gasteiger partial charge in [-0.05, 0) is 37.5 Å². The predicted octanol–water partition coefficient (Wildman–Crippen LogP) is 2.84. The number of aliphatic imine (C=N–C) groups is 1. The van der Waals surface area contributed by atoms with E-state index < -0.39 is 0 Å². The molecule has 1 heterocycles. The molecular formula is C17H33N3OS. The van der Waals surface area contributed by atoms with Gasteiger partial charge in [-0.15, -0.1) is 0 Å². The minimum atomic E-state index is 0.465. The largest absolute Gasteiger partial charge is 0.382 e. The zero-order chi connectivity index (χ0) is 16.0. The summed E-state index contributed by atoms with van der Waals surface area (Å²) >= 11 is 2.11. The molecule has 2 aliphatic rings. The highest BCUT2D eigenvalue weighted by atomic mass is 32.2. The topological polar surface area (TPSA) is 36.9 Å². The molecule has 0 aromatic heterocycles. The van der Waals surface area contributed by atoms with E-state index in [2.05, 4.69) is 47.7 Å². The van der Waals surface area contributed by atoms with E-state index in [0.717, 1.165) is 50.0 Å². The molecule has 1 aliphatic carbocycles. The van der Waals surface area contributed by atoms with Gasteiger partial charge in [-0.1, -0.05) is 13.8 Å². The van der Waals surface area contributed by atoms with E-state index in [-0.39, 0.29) is 0 Å². The first-order chi connectivity index (χ1) is 10.6. The third kappa shape index (κ3) is 5.05. The Hall–Kier alpha value is -0.420. The Morgan fingerprint density at radius 1 is 1.45 bits per heavy atom. The van der Waals surface area contributed by atoms with Crippen LogP contribution in [0.15, 0.2) is 4.99 Å². The molecule has 2 rings (SSSR count). The number of nitrogens with one attached hydrogen (secondary N) is 1. The lowest BCUT2D eigenvalue weighted by molar-refractivity contribution is 0.128. The highest BCUT2D eigenvalue weighted by molar-refractivity contribution is 8.00. The smallest absolute Gasteiger partial charge is 0.193 e. The number of thioether (sulfide) groups is 1. The molecule has 5 heteroatoms. The fourth-order valence-corrected chi connectivity index (χ4v) is 4.29. The Labute approximate surface area is 140 Å². The molecule has 1 atom stereocenters. The molecule has 4 nitrogen and oxygen atoms in total. The molecule has 2 fully saturated rings. The second-order valence-corrected chi connectivity index (χ2v) is 8.29. The number of ether oxygens (including phenoxy) is 1. The molecule has 1 saturated carbocycles. The summed E-state index contributed by atoms with van der Waals surface area (Å²) in [7, 11) is 1.91. The van der Waals surface area contributed by atoms with Crippen LogP contribution in [0.4, 0.5) is 0 Å². The lowest BCUT2D eigenvalue weighted by Gasteiger charge is -2.36. The highest BCUT2D eigenvalue weighted by Crippen LogP contribution is 2.48. The van der Waals surface area contributed by atoms with Crippen molar-refractivity contribution in [3.05, 3.63) is 0 Å². The highest BCUT2D eigenvalue weighted by Gasteiger charge is 2.42. The summed E-state index contributed by atoms with van der Waals surface area (Å²) in [6.45, 7) is 11.7. The van der Waals surface area contributed by atoms with Crippen LogP contribution < -0.4 is 5.32 Å². The van der Waals surface area contributed by atoms with Crippen LogP contribution in [-0.4, -0.2) is 61.8 Å². The van der Waals surface area contributed by atoms with E-state index in [1.807, 2.05) is 7.05 Å². The summed E-state index contributed by atoms with van der Waals surface area (Å²) in [4.78, 5) is 6.97. The van der Waals surface area contributed by atoms with Gasteiger partial charge in [0, 0.05) is 50.9 Å². The van der Waals surface area contributed by atoms with Gasteiger partial charge in [-0.2, -0.15) is 11.8 Å². The summed E-state index contributed by atoms with van der Waals surface area (Å²) in [6.07, 6.45) is 3.83. The number of guanidine groups is 1. The first-order valence-corrected chi connectivity index (χ1v) is 9.80. The molecule has 0 radical (unpaired) electrons. The van der Waals surface area contributed by atoms with Crippen LogP contribution in [0.3, 0.4) is 0 Å². The standard InChI is InChI=1S/C17H33N3OS/c1-5-21-10-8-17(6-7-17)13-19-16(18-4)20-9-11-22-15(12-20)14(2)3/h14-15H,5-13H2,1-4H3,(H,18,19). The van der Waals surface area contributed by atoms with Crippen molar-refractivity contribution < 1.29 is 4.74 Å². The minimum absolute atomic E-state index is 0.465. The normalized spacial score (nSPS) is 24.7. The van der Waals surface area contributed by atoms with Crippen molar-refractivity contribution in [2.24, 2.45) is 16.3 Å². The lowest BCUT2D eigenvalue weighted by Crippen LogP contribution is -2.50. The van der Waals surface area contributed by atoms with Gasteiger partial charge in [0.1, 0.15) is 0 Å². The number of rotatable bonds is 7. The molecule has 22 heavy (non-hydrogen) atoms. The molecule has 1 N–H and O–H groups in total. The van der Waals surface area contributed by atoms with Gasteiger partial charge in [0.05, 0.1) is 0 Å². The third-order valence-corrected chi connectivity index (χ3v) is 6.45. The van der Waals surface area contributed by atoms with E-state index in [1.54, 1.807) is 0 Å². The Morgan fingerprint density at radius 3 is 2.82 bits per heavy atom. The maximum absolute atomic E-state index is 5.53. The van der Waals surface area contributed by atoms with Gasteiger partial charge in [0.15, 0.2) is 5.96 Å². The average Bonchev–Trinajstić information content (AvgIpc) is 3.29. The molecular weight excluding hydrogens is 294 g/mol. The second kappa shape index (κ2) is 8.44. The maximum Gasteiger partial charge on any atom is 0.193 e. The minimum Gasteiger partial charge on any atom is -0.382 e. The molecule has 1 unspecified atom stereocenters. The van der Waals surface area contributed by atoms with Crippen LogP contribution >= 0.6 is 11.8 Å². The first kappa shape index (κ1) is 17.9. The Morgan fingerprint density at radius 2 is 2.23 bits per heavy atom. The molecule has 0 amide bonds. The van der Waals surface area contributed by atoms with Crippen LogP contribution in [0.25, 0.3) is 0 Å². The molecule has 128 valence electrons. The van der Waals surface area contributed by atoms with E-state index in [1.165, 1.54) is 25.0 Å². The van der Waals surface area contributed by atoms with Crippen molar-refractivity contribution in [3.63, 3.8) is 0 Å².